The molecule has 0 bridgehead atoms. The first-order chi connectivity index (χ1) is 10.3. The largest absolute Gasteiger partial charge is 0.368 e. The van der Waals surface area contributed by atoms with Crippen molar-refractivity contribution in [2.75, 3.05) is 30.7 Å². The second kappa shape index (κ2) is 6.04. The Balaban J connectivity index is 1.62. The van der Waals surface area contributed by atoms with Crippen LogP contribution in [0.5, 0.6) is 0 Å². The third-order valence-electron chi connectivity index (χ3n) is 3.50. The van der Waals surface area contributed by atoms with Crippen LogP contribution in [0.3, 0.4) is 0 Å². The molecule has 8 heteroatoms. The molecular formula is C13H20N8. The highest BCUT2D eigenvalue weighted by molar-refractivity contribution is 5.34. The molecule has 1 fully saturated rings. The standard InChI is InChI=1S/C13H20N8/c1-2-20(10-4-5-10)9-7-15-12-17-11(14)18-13(19-12)21-8-3-6-16-21/h3,6,8,10H,2,4-5,7,9H2,1H3,(H3,14,15,17,18,19). The van der Waals surface area contributed by atoms with Crippen molar-refractivity contribution in [1.29, 1.82) is 0 Å². The molecule has 112 valence electrons. The van der Waals surface area contributed by atoms with E-state index in [1.807, 2.05) is 6.07 Å². The van der Waals surface area contributed by atoms with Gasteiger partial charge in [0.25, 0.3) is 5.95 Å². The molecule has 1 aliphatic rings. The first kappa shape index (κ1) is 13.7. The zero-order valence-corrected chi connectivity index (χ0v) is 12.1. The minimum atomic E-state index is 0.188. The molecule has 3 N–H and O–H groups in total. The van der Waals surface area contributed by atoms with Crippen LogP contribution in [0.15, 0.2) is 18.5 Å². The van der Waals surface area contributed by atoms with Gasteiger partial charge in [-0.2, -0.15) is 20.1 Å². The van der Waals surface area contributed by atoms with Crippen LogP contribution in [0.2, 0.25) is 0 Å². The lowest BCUT2D eigenvalue weighted by atomic mass is 10.4. The lowest BCUT2D eigenvalue weighted by molar-refractivity contribution is 0.289. The maximum Gasteiger partial charge on any atom is 0.257 e. The molecule has 0 unspecified atom stereocenters. The second-order valence-electron chi connectivity index (χ2n) is 5.05. The minimum Gasteiger partial charge on any atom is -0.368 e. The Bertz CT molecular complexity index is 578. The van der Waals surface area contributed by atoms with Gasteiger partial charge >= 0.3 is 0 Å². The summed E-state index contributed by atoms with van der Waals surface area (Å²) >= 11 is 0. The van der Waals surface area contributed by atoms with Gasteiger partial charge in [0.05, 0.1) is 0 Å². The van der Waals surface area contributed by atoms with E-state index >= 15 is 0 Å². The van der Waals surface area contributed by atoms with Gasteiger partial charge in [-0.3, -0.25) is 4.90 Å². The van der Waals surface area contributed by atoms with E-state index in [1.165, 1.54) is 12.8 Å². The average molecular weight is 288 g/mol. The van der Waals surface area contributed by atoms with Gasteiger partial charge < -0.3 is 11.1 Å². The summed E-state index contributed by atoms with van der Waals surface area (Å²) in [6.07, 6.45) is 6.07. The van der Waals surface area contributed by atoms with Gasteiger partial charge in [-0.25, -0.2) is 4.68 Å². The predicted octanol–water partition coefficient (Wildman–Crippen LogP) is 0.536. The molecule has 2 aromatic heterocycles. The van der Waals surface area contributed by atoms with E-state index in [0.29, 0.717) is 11.9 Å². The molecule has 0 atom stereocenters. The molecule has 0 amide bonds. The highest BCUT2D eigenvalue weighted by atomic mass is 15.4. The van der Waals surface area contributed by atoms with Gasteiger partial charge in [-0.1, -0.05) is 6.92 Å². The van der Waals surface area contributed by atoms with Crippen LogP contribution < -0.4 is 11.1 Å². The molecular weight excluding hydrogens is 268 g/mol. The molecule has 1 saturated carbocycles. The molecule has 1 aliphatic carbocycles. The Labute approximate surface area is 123 Å². The van der Waals surface area contributed by atoms with Crippen LogP contribution in [-0.4, -0.2) is 55.3 Å². The lowest BCUT2D eigenvalue weighted by Crippen LogP contribution is -2.31. The molecule has 0 aromatic carbocycles. The second-order valence-corrected chi connectivity index (χ2v) is 5.05. The van der Waals surface area contributed by atoms with Crippen molar-refractivity contribution in [1.82, 2.24) is 29.6 Å². The van der Waals surface area contributed by atoms with Gasteiger partial charge in [-0.15, -0.1) is 0 Å². The van der Waals surface area contributed by atoms with E-state index in [-0.39, 0.29) is 5.95 Å². The smallest absolute Gasteiger partial charge is 0.257 e. The van der Waals surface area contributed by atoms with E-state index in [2.05, 4.69) is 37.2 Å². The molecule has 2 aromatic rings. The molecule has 21 heavy (non-hydrogen) atoms. The normalized spacial score (nSPS) is 14.6. The number of aromatic nitrogens is 5. The number of likely N-dealkylation sites (N-methyl/N-ethyl adjacent to an activating group) is 1. The van der Waals surface area contributed by atoms with E-state index in [9.17, 15) is 0 Å². The van der Waals surface area contributed by atoms with Gasteiger partial charge in [0.2, 0.25) is 11.9 Å². The highest BCUT2D eigenvalue weighted by Crippen LogP contribution is 2.25. The Morgan fingerprint density at radius 2 is 2.24 bits per heavy atom. The third kappa shape index (κ3) is 3.46. The first-order valence-corrected chi connectivity index (χ1v) is 7.25. The van der Waals surface area contributed by atoms with Crippen molar-refractivity contribution < 1.29 is 0 Å². The van der Waals surface area contributed by atoms with Gasteiger partial charge in [0.1, 0.15) is 0 Å². The predicted molar refractivity (Wildman–Crippen MR) is 80.1 cm³/mol. The number of hydrogen-bond acceptors (Lipinski definition) is 7. The van der Waals surface area contributed by atoms with Crippen LogP contribution >= 0.6 is 0 Å². The number of nitrogens with one attached hydrogen (secondary N) is 1. The Hall–Kier alpha value is -2.22. The Kier molecular flexibility index (Phi) is 3.96. The number of nitrogens with two attached hydrogens (primary N) is 1. The van der Waals surface area contributed by atoms with Crippen LogP contribution in [0.1, 0.15) is 19.8 Å². The summed E-state index contributed by atoms with van der Waals surface area (Å²) in [5.41, 5.74) is 5.73. The van der Waals surface area contributed by atoms with E-state index in [0.717, 1.165) is 25.7 Å². The summed E-state index contributed by atoms with van der Waals surface area (Å²) in [4.78, 5) is 15.0. The summed E-state index contributed by atoms with van der Waals surface area (Å²) < 4.78 is 1.56. The highest BCUT2D eigenvalue weighted by Gasteiger charge is 2.27. The van der Waals surface area contributed by atoms with Crippen LogP contribution in [0.4, 0.5) is 11.9 Å². The summed E-state index contributed by atoms with van der Waals surface area (Å²) in [6, 6.07) is 2.57. The van der Waals surface area contributed by atoms with Crippen LogP contribution in [0.25, 0.3) is 5.95 Å². The third-order valence-corrected chi connectivity index (χ3v) is 3.50. The summed E-state index contributed by atoms with van der Waals surface area (Å²) in [5.74, 6) is 1.09. The van der Waals surface area contributed by atoms with Crippen molar-refractivity contribution >= 4 is 11.9 Å². The molecule has 8 nitrogen and oxygen atoms in total. The zero-order valence-electron chi connectivity index (χ0n) is 12.1. The maximum atomic E-state index is 5.73. The van der Waals surface area contributed by atoms with E-state index in [1.54, 1.807) is 17.1 Å². The fourth-order valence-corrected chi connectivity index (χ4v) is 2.30. The number of nitrogens with zero attached hydrogens (tertiary/aromatic N) is 6. The maximum absolute atomic E-state index is 5.73. The number of nitrogen functional groups attached to an aromatic ring is 1. The summed E-state index contributed by atoms with van der Waals surface area (Å²) in [7, 11) is 0. The SMILES string of the molecule is CCN(CCNc1nc(N)nc(-n2cccn2)n1)C1CC1. The number of hydrogen-bond donors (Lipinski definition) is 2. The molecule has 2 heterocycles. The lowest BCUT2D eigenvalue weighted by Gasteiger charge is -2.19. The fourth-order valence-electron chi connectivity index (χ4n) is 2.30. The van der Waals surface area contributed by atoms with Crippen molar-refractivity contribution in [3.8, 4) is 5.95 Å². The van der Waals surface area contributed by atoms with Gasteiger partial charge in [0, 0.05) is 31.5 Å². The van der Waals surface area contributed by atoms with Gasteiger partial charge in [0.15, 0.2) is 0 Å². The number of rotatable bonds is 7. The number of anilines is 2. The monoisotopic (exact) mass is 288 g/mol. The molecule has 0 radical (unpaired) electrons. The first-order valence-electron chi connectivity index (χ1n) is 7.25. The van der Waals surface area contributed by atoms with Crippen LogP contribution in [-0.2, 0) is 0 Å². The fraction of sp³-hybridized carbons (Fsp3) is 0.538. The Morgan fingerprint density at radius 1 is 1.38 bits per heavy atom. The van der Waals surface area contributed by atoms with Gasteiger partial charge in [-0.05, 0) is 25.5 Å². The minimum absolute atomic E-state index is 0.188. The van der Waals surface area contributed by atoms with Crippen molar-refractivity contribution in [2.24, 2.45) is 0 Å². The summed E-state index contributed by atoms with van der Waals surface area (Å²) in [6.45, 7) is 5.02. The molecule has 0 saturated heterocycles. The van der Waals surface area contributed by atoms with Crippen molar-refractivity contribution in [3.63, 3.8) is 0 Å². The molecule has 3 rings (SSSR count). The summed E-state index contributed by atoms with van der Waals surface area (Å²) in [5, 5.41) is 7.30. The topological polar surface area (TPSA) is 97.8 Å². The molecule has 0 spiro atoms. The quantitative estimate of drug-likeness (QED) is 0.767. The van der Waals surface area contributed by atoms with E-state index < -0.39 is 0 Å². The Morgan fingerprint density at radius 3 is 2.90 bits per heavy atom. The average Bonchev–Trinajstić information content (AvgIpc) is 3.16. The van der Waals surface area contributed by atoms with Crippen LogP contribution in [0, 0.1) is 0 Å². The van der Waals surface area contributed by atoms with E-state index in [4.69, 9.17) is 5.73 Å². The van der Waals surface area contributed by atoms with Crippen molar-refractivity contribution in [2.45, 2.75) is 25.8 Å². The molecule has 0 aliphatic heterocycles. The van der Waals surface area contributed by atoms with Crippen molar-refractivity contribution in [3.05, 3.63) is 18.5 Å². The zero-order chi connectivity index (χ0) is 14.7.